The Morgan fingerprint density at radius 3 is 2.54 bits per heavy atom. The summed E-state index contributed by atoms with van der Waals surface area (Å²) in [6.07, 6.45) is -2.76. The number of benzene rings is 1. The molecule has 24 heavy (non-hydrogen) atoms. The predicted molar refractivity (Wildman–Crippen MR) is 88.9 cm³/mol. The van der Waals surface area contributed by atoms with Gasteiger partial charge in [-0.25, -0.2) is 4.79 Å². The molecule has 2 aliphatic heterocycles. The molecule has 0 aliphatic carbocycles. The van der Waals surface area contributed by atoms with Crippen LogP contribution in [0.5, 0.6) is 17.2 Å². The molecule has 3 rings (SSSR count). The Kier molecular flexibility index (Phi) is 2.66. The monoisotopic (exact) mass is 343 g/mol. The van der Waals surface area contributed by atoms with Crippen LogP contribution in [-0.4, -0.2) is 48.8 Å². The van der Waals surface area contributed by atoms with E-state index in [1.165, 1.54) is 18.2 Å². The molecule has 0 spiro atoms. The highest BCUT2D eigenvalue weighted by molar-refractivity contribution is 5.68. The van der Waals surface area contributed by atoms with Gasteiger partial charge in [0, 0.05) is 37.4 Å². The SMILES string of the molecule is [2H]C1([2H])CC(Oc2ccc3c(c2)OC([2H])([2H])C([2H])([2H])O3)CC([2H])([2H])N1C(=O)OC(C)(C)C. The zero-order valence-corrected chi connectivity index (χ0v) is 13.7. The summed E-state index contributed by atoms with van der Waals surface area (Å²) < 4.78 is 84.6. The molecule has 0 N–H and O–H groups in total. The molecule has 1 amide bonds. The van der Waals surface area contributed by atoms with Gasteiger partial charge in [0.2, 0.25) is 0 Å². The number of rotatable bonds is 2. The van der Waals surface area contributed by atoms with Crippen molar-refractivity contribution in [2.24, 2.45) is 0 Å². The number of carbonyl (C=O) groups excluding carboxylic acids is 1. The Labute approximate surface area is 153 Å². The van der Waals surface area contributed by atoms with Gasteiger partial charge in [0.05, 0.1) is 5.48 Å². The lowest BCUT2D eigenvalue weighted by atomic mass is 10.1. The first-order chi connectivity index (χ1) is 14.3. The number of fused-ring (bicyclic) bond motifs is 1. The fourth-order valence-corrected chi connectivity index (χ4v) is 2.10. The van der Waals surface area contributed by atoms with E-state index in [0.29, 0.717) is 4.90 Å². The van der Waals surface area contributed by atoms with Gasteiger partial charge in [0.15, 0.2) is 11.5 Å². The molecule has 132 valence electrons. The van der Waals surface area contributed by atoms with E-state index >= 15 is 0 Å². The van der Waals surface area contributed by atoms with E-state index in [2.05, 4.69) is 0 Å². The fraction of sp³-hybridized carbons (Fsp3) is 0.611. The number of ether oxygens (including phenoxy) is 4. The summed E-state index contributed by atoms with van der Waals surface area (Å²) in [5.41, 5.74) is -0.928. The molecule has 2 heterocycles. The van der Waals surface area contributed by atoms with Gasteiger partial charge in [0.25, 0.3) is 0 Å². The third-order valence-corrected chi connectivity index (χ3v) is 3.11. The van der Waals surface area contributed by atoms with Crippen LogP contribution in [0, 0.1) is 0 Å². The minimum Gasteiger partial charge on any atom is -0.490 e. The van der Waals surface area contributed by atoms with Gasteiger partial charge in [-0.15, -0.1) is 0 Å². The van der Waals surface area contributed by atoms with Crippen LogP contribution in [-0.2, 0) is 4.74 Å². The highest BCUT2D eigenvalue weighted by atomic mass is 16.6. The zero-order chi connectivity index (χ0) is 24.3. The van der Waals surface area contributed by atoms with Crippen LogP contribution in [0.15, 0.2) is 18.2 Å². The Morgan fingerprint density at radius 2 is 1.88 bits per heavy atom. The maximum Gasteiger partial charge on any atom is 0.410 e. The van der Waals surface area contributed by atoms with Crippen LogP contribution in [0.2, 0.25) is 0 Å². The molecule has 1 saturated heterocycles. The second-order valence-electron chi connectivity index (χ2n) is 6.30. The summed E-state index contributed by atoms with van der Waals surface area (Å²) >= 11 is 0. The number of likely N-dealkylation sites (tertiary alicyclic amines) is 1. The Hall–Kier alpha value is -2.11. The topological polar surface area (TPSA) is 57.2 Å². The van der Waals surface area contributed by atoms with E-state index in [4.69, 9.17) is 29.9 Å². The zero-order valence-electron chi connectivity index (χ0n) is 21.7. The summed E-state index contributed by atoms with van der Waals surface area (Å²) in [7, 11) is 0. The normalized spacial score (nSPS) is 31.5. The summed E-state index contributed by atoms with van der Waals surface area (Å²) in [6.45, 7) is -5.48. The number of carbonyl (C=O) groups is 1. The van der Waals surface area contributed by atoms with Crippen molar-refractivity contribution in [1.82, 2.24) is 4.90 Å². The van der Waals surface area contributed by atoms with Gasteiger partial charge < -0.3 is 23.8 Å². The Bertz CT molecular complexity index is 884. The summed E-state index contributed by atoms with van der Waals surface area (Å²) in [5, 5.41) is 0. The van der Waals surface area contributed by atoms with Crippen molar-refractivity contribution in [3.05, 3.63) is 18.2 Å². The lowest BCUT2D eigenvalue weighted by Gasteiger charge is -2.33. The van der Waals surface area contributed by atoms with E-state index in [-0.39, 0.29) is 30.1 Å². The van der Waals surface area contributed by atoms with Crippen molar-refractivity contribution in [1.29, 1.82) is 0 Å². The average Bonchev–Trinajstić information content (AvgIpc) is 2.51. The number of hydrogen-bond donors (Lipinski definition) is 0. The van der Waals surface area contributed by atoms with E-state index in [0.717, 1.165) is 0 Å². The van der Waals surface area contributed by atoms with Gasteiger partial charge in [0.1, 0.15) is 30.6 Å². The molecule has 0 atom stereocenters. The Morgan fingerprint density at radius 1 is 1.21 bits per heavy atom. The lowest BCUT2D eigenvalue weighted by molar-refractivity contribution is 0.0126. The van der Waals surface area contributed by atoms with E-state index in [1.807, 2.05) is 0 Å². The van der Waals surface area contributed by atoms with Gasteiger partial charge in [-0.05, 0) is 32.9 Å². The second-order valence-corrected chi connectivity index (χ2v) is 6.30. The summed E-state index contributed by atoms with van der Waals surface area (Å²) in [5.74, 6) is -0.0318. The van der Waals surface area contributed by atoms with Crippen LogP contribution in [0.1, 0.15) is 44.6 Å². The molecular weight excluding hydrogens is 310 g/mol. The molecule has 0 saturated carbocycles. The maximum atomic E-state index is 12.5. The van der Waals surface area contributed by atoms with Crippen LogP contribution < -0.4 is 14.2 Å². The average molecular weight is 343 g/mol. The predicted octanol–water partition coefficient (Wildman–Crippen LogP) is 3.24. The van der Waals surface area contributed by atoms with Crippen LogP contribution >= 0.6 is 0 Å². The Balaban J connectivity index is 1.79. The summed E-state index contributed by atoms with van der Waals surface area (Å²) in [4.78, 5) is 12.9. The third kappa shape index (κ3) is 4.24. The lowest BCUT2D eigenvalue weighted by Crippen LogP contribution is -2.44. The van der Waals surface area contributed by atoms with Crippen molar-refractivity contribution < 1.29 is 34.7 Å². The van der Waals surface area contributed by atoms with E-state index in [9.17, 15) is 4.79 Å². The first-order valence-corrected chi connectivity index (χ1v) is 7.55. The molecule has 0 radical (unpaired) electrons. The quantitative estimate of drug-likeness (QED) is 0.825. The van der Waals surface area contributed by atoms with Crippen molar-refractivity contribution in [2.75, 3.05) is 26.1 Å². The largest absolute Gasteiger partial charge is 0.490 e. The van der Waals surface area contributed by atoms with Gasteiger partial charge in [-0.2, -0.15) is 0 Å². The first kappa shape index (κ1) is 9.39. The van der Waals surface area contributed by atoms with Gasteiger partial charge in [-0.1, -0.05) is 0 Å². The number of hydrogen-bond acceptors (Lipinski definition) is 5. The molecule has 1 aromatic carbocycles. The minimum atomic E-state index is -2.76. The smallest absolute Gasteiger partial charge is 0.410 e. The maximum absolute atomic E-state index is 12.5. The van der Waals surface area contributed by atoms with Gasteiger partial charge >= 0.3 is 6.09 Å². The highest BCUT2D eigenvalue weighted by Crippen LogP contribution is 2.34. The van der Waals surface area contributed by atoms with Crippen molar-refractivity contribution in [3.8, 4) is 17.2 Å². The van der Waals surface area contributed by atoms with Gasteiger partial charge in [-0.3, -0.25) is 0 Å². The molecule has 6 nitrogen and oxygen atoms in total. The van der Waals surface area contributed by atoms with Crippen molar-refractivity contribution >= 4 is 6.09 Å². The molecule has 1 aromatic rings. The van der Waals surface area contributed by atoms with E-state index in [1.54, 1.807) is 20.8 Å². The van der Waals surface area contributed by atoms with Crippen molar-refractivity contribution in [3.63, 3.8) is 0 Å². The highest BCUT2D eigenvalue weighted by Gasteiger charge is 2.27. The molecule has 0 unspecified atom stereocenters. The molecule has 1 fully saturated rings. The number of amides is 1. The van der Waals surface area contributed by atoms with E-state index < -0.39 is 43.9 Å². The second kappa shape index (κ2) is 6.79. The molecular formula is C18H25NO5. The molecule has 2 aliphatic rings. The molecule has 0 bridgehead atoms. The first-order valence-electron chi connectivity index (χ1n) is 11.6. The fourth-order valence-electron chi connectivity index (χ4n) is 2.10. The molecule has 0 aromatic heterocycles. The number of nitrogens with zero attached hydrogens (tertiary/aromatic N) is 1. The summed E-state index contributed by atoms with van der Waals surface area (Å²) in [6, 6.07) is 3.97. The van der Waals surface area contributed by atoms with Crippen LogP contribution in [0.4, 0.5) is 4.79 Å². The van der Waals surface area contributed by atoms with Crippen molar-refractivity contribution in [2.45, 2.75) is 45.3 Å². The third-order valence-electron chi connectivity index (χ3n) is 3.11. The van der Waals surface area contributed by atoms with Crippen LogP contribution in [0.25, 0.3) is 0 Å². The minimum absolute atomic E-state index is 0.0390. The molecule has 6 heteroatoms. The number of piperidine rings is 1. The van der Waals surface area contributed by atoms with Crippen LogP contribution in [0.3, 0.4) is 0 Å². The standard InChI is InChI=1S/C18H25NO5/c1-18(2,3)24-17(20)19-8-6-13(7-9-19)23-14-4-5-15-16(12-14)22-11-10-21-15/h4-5,12-13H,6-11H2,1-3H3/i8D2,9D2,10D2,11D2.